The largest absolute Gasteiger partial charge is 0.446 e. The predicted molar refractivity (Wildman–Crippen MR) is 59.5 cm³/mol. The molecule has 1 fully saturated rings. The molecule has 1 atom stereocenters. The Bertz CT molecular complexity index is 436. The summed E-state index contributed by atoms with van der Waals surface area (Å²) >= 11 is 0. The number of carbonyl (C=O) groups excluding carboxylic acids is 1. The number of alkyl halides is 2. The third kappa shape index (κ3) is 3.35. The summed E-state index contributed by atoms with van der Waals surface area (Å²) in [5.41, 5.74) is 0.371. The summed E-state index contributed by atoms with van der Waals surface area (Å²) in [6.07, 6.45) is 0.894. The van der Waals surface area contributed by atoms with Gasteiger partial charge in [-0.3, -0.25) is 5.32 Å². The van der Waals surface area contributed by atoms with Gasteiger partial charge < -0.3 is 4.74 Å². The standard InChI is InChI=1S/C11H13F2N3O2/c1-7-14-5-8(6-15-7)16-10(17)18-9-2-3-11(12,13)4-9/h5-6,9H,2-4H2,1H3,(H,16,17). The van der Waals surface area contributed by atoms with Gasteiger partial charge in [0.15, 0.2) is 0 Å². The van der Waals surface area contributed by atoms with Crippen LogP contribution in [0.1, 0.15) is 25.1 Å². The Morgan fingerprint density at radius 3 is 2.72 bits per heavy atom. The van der Waals surface area contributed by atoms with Crippen molar-refractivity contribution in [2.24, 2.45) is 0 Å². The Morgan fingerprint density at radius 1 is 1.50 bits per heavy atom. The van der Waals surface area contributed by atoms with Crippen molar-refractivity contribution in [2.45, 2.75) is 38.2 Å². The van der Waals surface area contributed by atoms with E-state index in [0.717, 1.165) is 0 Å². The van der Waals surface area contributed by atoms with Gasteiger partial charge in [0.1, 0.15) is 11.9 Å². The third-order valence-corrected chi connectivity index (χ3v) is 2.66. The molecule has 1 amide bonds. The number of aromatic nitrogens is 2. The Labute approximate surface area is 103 Å². The van der Waals surface area contributed by atoms with Crippen molar-refractivity contribution < 1.29 is 18.3 Å². The summed E-state index contributed by atoms with van der Waals surface area (Å²) in [4.78, 5) is 19.2. The van der Waals surface area contributed by atoms with Crippen LogP contribution in [-0.2, 0) is 4.74 Å². The number of carbonyl (C=O) groups is 1. The van der Waals surface area contributed by atoms with Gasteiger partial charge in [0.2, 0.25) is 0 Å². The van der Waals surface area contributed by atoms with Gasteiger partial charge in [-0.2, -0.15) is 0 Å². The molecule has 1 saturated carbocycles. The number of amides is 1. The zero-order valence-corrected chi connectivity index (χ0v) is 9.82. The van der Waals surface area contributed by atoms with Crippen molar-refractivity contribution in [2.75, 3.05) is 5.32 Å². The normalized spacial score (nSPS) is 21.6. The fraction of sp³-hybridized carbons (Fsp3) is 0.545. The number of hydrogen-bond acceptors (Lipinski definition) is 4. The van der Waals surface area contributed by atoms with Crippen molar-refractivity contribution in [3.8, 4) is 0 Å². The SMILES string of the molecule is Cc1ncc(NC(=O)OC2CCC(F)(F)C2)cn1. The maximum Gasteiger partial charge on any atom is 0.411 e. The second-order valence-electron chi connectivity index (χ2n) is 4.27. The summed E-state index contributed by atoms with van der Waals surface area (Å²) in [5.74, 6) is -2.15. The number of anilines is 1. The minimum Gasteiger partial charge on any atom is -0.446 e. The molecule has 7 heteroatoms. The van der Waals surface area contributed by atoms with Crippen LogP contribution in [0.2, 0.25) is 0 Å². The molecule has 1 unspecified atom stereocenters. The quantitative estimate of drug-likeness (QED) is 0.884. The highest BCUT2D eigenvalue weighted by Crippen LogP contribution is 2.36. The molecule has 1 aromatic heterocycles. The lowest BCUT2D eigenvalue weighted by atomic mass is 10.3. The van der Waals surface area contributed by atoms with Crippen molar-refractivity contribution >= 4 is 11.8 Å². The van der Waals surface area contributed by atoms with Crippen LogP contribution in [0.3, 0.4) is 0 Å². The molecule has 1 N–H and O–H groups in total. The molecule has 1 heterocycles. The number of aryl methyl sites for hydroxylation is 1. The van der Waals surface area contributed by atoms with E-state index in [1.54, 1.807) is 6.92 Å². The zero-order valence-electron chi connectivity index (χ0n) is 9.82. The summed E-state index contributed by atoms with van der Waals surface area (Å²) < 4.78 is 30.7. The number of nitrogens with one attached hydrogen (secondary N) is 1. The summed E-state index contributed by atoms with van der Waals surface area (Å²) in [5, 5.41) is 2.39. The van der Waals surface area contributed by atoms with Gasteiger partial charge in [0, 0.05) is 12.8 Å². The maximum atomic E-state index is 12.9. The first-order valence-electron chi connectivity index (χ1n) is 5.59. The fourth-order valence-electron chi connectivity index (χ4n) is 1.77. The van der Waals surface area contributed by atoms with E-state index in [1.807, 2.05) is 0 Å². The summed E-state index contributed by atoms with van der Waals surface area (Å²) in [6, 6.07) is 0. The molecule has 1 aliphatic rings. The van der Waals surface area contributed by atoms with Gasteiger partial charge in [-0.1, -0.05) is 0 Å². The van der Waals surface area contributed by atoms with Crippen molar-refractivity contribution in [1.82, 2.24) is 9.97 Å². The van der Waals surface area contributed by atoms with Crippen LogP contribution in [-0.4, -0.2) is 28.1 Å². The lowest BCUT2D eigenvalue weighted by Crippen LogP contribution is -2.22. The Morgan fingerprint density at radius 2 is 2.17 bits per heavy atom. The average molecular weight is 257 g/mol. The molecule has 0 aromatic carbocycles. The first-order valence-corrected chi connectivity index (χ1v) is 5.59. The van der Waals surface area contributed by atoms with Crippen LogP contribution in [0.25, 0.3) is 0 Å². The Balaban J connectivity index is 1.84. The Kier molecular flexibility index (Phi) is 3.40. The van der Waals surface area contributed by atoms with Crippen LogP contribution in [0.5, 0.6) is 0 Å². The number of ether oxygens (including phenoxy) is 1. The van der Waals surface area contributed by atoms with Crippen LogP contribution >= 0.6 is 0 Å². The molecule has 2 rings (SSSR count). The van der Waals surface area contributed by atoms with E-state index in [9.17, 15) is 13.6 Å². The minimum atomic E-state index is -2.72. The molecule has 0 saturated heterocycles. The first kappa shape index (κ1) is 12.7. The Hall–Kier alpha value is -1.79. The minimum absolute atomic E-state index is 0.185. The zero-order chi connectivity index (χ0) is 13.2. The average Bonchev–Trinajstić information content (AvgIpc) is 2.61. The van der Waals surface area contributed by atoms with Gasteiger partial charge in [-0.25, -0.2) is 23.5 Å². The highest BCUT2D eigenvalue weighted by atomic mass is 19.3. The fourth-order valence-corrected chi connectivity index (χ4v) is 1.77. The highest BCUT2D eigenvalue weighted by Gasteiger charge is 2.41. The number of hydrogen-bond donors (Lipinski definition) is 1. The van der Waals surface area contributed by atoms with Crippen molar-refractivity contribution in [3.63, 3.8) is 0 Å². The van der Waals surface area contributed by atoms with Gasteiger partial charge in [-0.15, -0.1) is 0 Å². The molecule has 98 valence electrons. The molecule has 1 aromatic rings. The van der Waals surface area contributed by atoms with Gasteiger partial charge in [-0.05, 0) is 13.3 Å². The molecule has 0 radical (unpaired) electrons. The van der Waals surface area contributed by atoms with Crippen molar-refractivity contribution in [3.05, 3.63) is 18.2 Å². The monoisotopic (exact) mass is 257 g/mol. The molecule has 18 heavy (non-hydrogen) atoms. The first-order chi connectivity index (χ1) is 8.44. The van der Waals surface area contributed by atoms with E-state index in [-0.39, 0.29) is 12.8 Å². The lowest BCUT2D eigenvalue weighted by Gasteiger charge is -2.12. The number of halogens is 2. The van der Waals surface area contributed by atoms with Crippen molar-refractivity contribution in [1.29, 1.82) is 0 Å². The molecule has 0 spiro atoms. The van der Waals surface area contributed by atoms with Crippen LogP contribution in [0, 0.1) is 6.92 Å². The van der Waals surface area contributed by atoms with Crippen LogP contribution in [0.15, 0.2) is 12.4 Å². The van der Waals surface area contributed by atoms with Gasteiger partial charge in [0.05, 0.1) is 18.1 Å². The predicted octanol–water partition coefficient (Wildman–Crippen LogP) is 2.52. The molecular formula is C11H13F2N3O2. The molecule has 5 nitrogen and oxygen atoms in total. The van der Waals surface area contributed by atoms with E-state index < -0.39 is 24.5 Å². The lowest BCUT2D eigenvalue weighted by molar-refractivity contribution is -0.00500. The van der Waals surface area contributed by atoms with Gasteiger partial charge >= 0.3 is 6.09 Å². The highest BCUT2D eigenvalue weighted by molar-refractivity contribution is 5.84. The second-order valence-corrected chi connectivity index (χ2v) is 4.27. The topological polar surface area (TPSA) is 64.1 Å². The molecule has 1 aliphatic carbocycles. The molecule has 0 aliphatic heterocycles. The second kappa shape index (κ2) is 4.83. The van der Waals surface area contributed by atoms with Crippen LogP contribution in [0.4, 0.5) is 19.3 Å². The maximum absolute atomic E-state index is 12.9. The summed E-state index contributed by atoms with van der Waals surface area (Å²) in [7, 11) is 0. The van der Waals surface area contributed by atoms with E-state index in [2.05, 4.69) is 15.3 Å². The van der Waals surface area contributed by atoms with E-state index in [4.69, 9.17) is 4.74 Å². The number of rotatable bonds is 2. The van der Waals surface area contributed by atoms with Gasteiger partial charge in [0.25, 0.3) is 5.92 Å². The van der Waals surface area contributed by atoms with E-state index in [0.29, 0.717) is 11.5 Å². The molecule has 0 bridgehead atoms. The molecular weight excluding hydrogens is 244 g/mol. The smallest absolute Gasteiger partial charge is 0.411 e. The van der Waals surface area contributed by atoms with E-state index in [1.165, 1.54) is 12.4 Å². The summed E-state index contributed by atoms with van der Waals surface area (Å²) in [6.45, 7) is 1.71. The third-order valence-electron chi connectivity index (χ3n) is 2.66. The number of nitrogens with zero attached hydrogens (tertiary/aromatic N) is 2. The van der Waals surface area contributed by atoms with Crippen LogP contribution < -0.4 is 5.32 Å². The van der Waals surface area contributed by atoms with E-state index >= 15 is 0 Å².